The molecule has 0 amide bonds. The van der Waals surface area contributed by atoms with E-state index in [0.29, 0.717) is 17.0 Å². The van der Waals surface area contributed by atoms with Crippen molar-refractivity contribution in [1.82, 2.24) is 9.47 Å². The third-order valence-corrected chi connectivity index (χ3v) is 6.22. The number of rotatable bonds is 7. The number of esters is 1. The number of benzene rings is 2. The van der Waals surface area contributed by atoms with Gasteiger partial charge in [-0.1, -0.05) is 12.1 Å². The molecule has 0 aliphatic carbocycles. The predicted molar refractivity (Wildman–Crippen MR) is 136 cm³/mol. The second-order valence-corrected chi connectivity index (χ2v) is 8.73. The molecule has 0 atom stereocenters. The second kappa shape index (κ2) is 10.7. The molecular weight excluding hydrogens is 465 g/mol. The monoisotopic (exact) mass is 493 g/mol. The van der Waals surface area contributed by atoms with Gasteiger partial charge in [0, 0.05) is 56.1 Å². The van der Waals surface area contributed by atoms with Gasteiger partial charge in [-0.25, -0.2) is 9.18 Å². The number of fused-ring (bicyclic) bond motifs is 1. The highest BCUT2D eigenvalue weighted by Gasteiger charge is 2.19. The highest BCUT2D eigenvalue weighted by atomic mass is 19.1. The van der Waals surface area contributed by atoms with E-state index in [1.807, 2.05) is 12.1 Å². The van der Waals surface area contributed by atoms with E-state index >= 15 is 0 Å². The summed E-state index contributed by atoms with van der Waals surface area (Å²) in [7, 11) is 2.08. The average Bonchev–Trinajstić information content (AvgIpc) is 2.87. The summed E-state index contributed by atoms with van der Waals surface area (Å²) < 4.78 is 19.9. The van der Waals surface area contributed by atoms with Gasteiger partial charge in [0.15, 0.2) is 5.43 Å². The zero-order valence-electron chi connectivity index (χ0n) is 20.2. The molecule has 36 heavy (non-hydrogen) atoms. The Morgan fingerprint density at radius 2 is 1.78 bits per heavy atom. The lowest BCUT2D eigenvalue weighted by molar-refractivity contribution is -0.151. The average molecular weight is 494 g/mol. The Balaban J connectivity index is 1.81. The zero-order valence-corrected chi connectivity index (χ0v) is 20.2. The van der Waals surface area contributed by atoms with Crippen molar-refractivity contribution in [2.45, 2.75) is 13.5 Å². The molecule has 4 rings (SSSR count). The van der Waals surface area contributed by atoms with Gasteiger partial charge < -0.3 is 24.2 Å². The van der Waals surface area contributed by atoms with Crippen molar-refractivity contribution in [3.05, 3.63) is 81.9 Å². The summed E-state index contributed by atoms with van der Waals surface area (Å²) in [6.45, 7) is 5.40. The van der Waals surface area contributed by atoms with Gasteiger partial charge in [-0.3, -0.25) is 9.59 Å². The first kappa shape index (κ1) is 25.1. The largest absolute Gasteiger partial charge is 0.507 e. The normalized spacial score (nSPS) is 14.8. The Morgan fingerprint density at radius 1 is 1.08 bits per heavy atom. The summed E-state index contributed by atoms with van der Waals surface area (Å²) in [5, 5.41) is 11.0. The molecule has 1 saturated heterocycles. The maximum Gasteiger partial charge on any atom is 0.379 e. The number of ether oxygens (including phenoxy) is 1. The van der Waals surface area contributed by atoms with Crippen molar-refractivity contribution in [3.8, 4) is 0 Å². The number of hydrogen-bond donors (Lipinski definition) is 1. The molecule has 1 N–H and O–H groups in total. The van der Waals surface area contributed by atoms with E-state index in [2.05, 4.69) is 21.6 Å². The Hall–Kier alpha value is -3.98. The van der Waals surface area contributed by atoms with Gasteiger partial charge in [0.2, 0.25) is 0 Å². The number of ketones is 1. The van der Waals surface area contributed by atoms with Crippen LogP contribution in [0, 0.1) is 5.82 Å². The number of aliphatic hydroxyl groups excluding tert-OH is 1. The van der Waals surface area contributed by atoms with Crippen LogP contribution in [0.15, 0.2) is 59.5 Å². The predicted octanol–water partition coefficient (Wildman–Crippen LogP) is 2.97. The summed E-state index contributed by atoms with van der Waals surface area (Å²) in [6.07, 6.45) is 2.15. The first-order valence-electron chi connectivity index (χ1n) is 11.7. The van der Waals surface area contributed by atoms with Crippen molar-refractivity contribution < 1.29 is 23.8 Å². The Morgan fingerprint density at radius 3 is 2.44 bits per heavy atom. The number of carbonyl (C=O) groups excluding carboxylic acids is 2. The fourth-order valence-electron chi connectivity index (χ4n) is 4.20. The van der Waals surface area contributed by atoms with Crippen LogP contribution >= 0.6 is 0 Å². The van der Waals surface area contributed by atoms with E-state index in [1.165, 1.54) is 18.3 Å². The van der Waals surface area contributed by atoms with E-state index in [0.717, 1.165) is 37.4 Å². The first-order chi connectivity index (χ1) is 17.3. The lowest BCUT2D eigenvalue weighted by Gasteiger charge is -2.34. The molecule has 2 heterocycles. The number of anilines is 1. The van der Waals surface area contributed by atoms with Crippen LogP contribution in [0.5, 0.6) is 0 Å². The number of carbonyl (C=O) groups is 2. The number of hydrogen-bond acceptors (Lipinski definition) is 7. The standard InChI is InChI=1S/C27H28FN3O5/c1-3-36-27(35)25(33)15-24(32)22-17-31(16-18-4-6-19(28)7-5-18)23-14-20(8-9-21(23)26(22)34)30-12-10-29(2)11-13-30/h4-9,14-15,17,32H,3,10-13,16H2,1-2H3/b24-15-. The molecule has 1 fully saturated rings. The van der Waals surface area contributed by atoms with Crippen LogP contribution in [-0.4, -0.2) is 66.2 Å². The molecule has 2 aromatic carbocycles. The number of nitrogens with zero attached hydrogens (tertiary/aromatic N) is 3. The molecule has 0 bridgehead atoms. The van der Waals surface area contributed by atoms with Crippen molar-refractivity contribution in [2.75, 3.05) is 44.7 Å². The van der Waals surface area contributed by atoms with Crippen LogP contribution in [-0.2, 0) is 20.9 Å². The molecule has 1 aliphatic rings. The number of piperazine rings is 1. The van der Waals surface area contributed by atoms with Crippen molar-refractivity contribution in [2.24, 2.45) is 0 Å². The van der Waals surface area contributed by atoms with E-state index < -0.39 is 22.9 Å². The van der Waals surface area contributed by atoms with Gasteiger partial charge in [0.05, 0.1) is 17.7 Å². The lowest BCUT2D eigenvalue weighted by atomic mass is 10.1. The Kier molecular flexibility index (Phi) is 7.49. The fourth-order valence-corrected chi connectivity index (χ4v) is 4.20. The van der Waals surface area contributed by atoms with E-state index in [9.17, 15) is 23.9 Å². The van der Waals surface area contributed by atoms with E-state index in [4.69, 9.17) is 0 Å². The van der Waals surface area contributed by atoms with Crippen LogP contribution in [0.2, 0.25) is 0 Å². The maximum absolute atomic E-state index is 13.5. The summed E-state index contributed by atoms with van der Waals surface area (Å²) >= 11 is 0. The van der Waals surface area contributed by atoms with Crippen LogP contribution < -0.4 is 10.3 Å². The topological polar surface area (TPSA) is 92.1 Å². The number of aromatic nitrogens is 1. The molecule has 0 unspecified atom stereocenters. The van der Waals surface area contributed by atoms with Gasteiger partial charge in [0.1, 0.15) is 11.6 Å². The molecule has 0 radical (unpaired) electrons. The molecule has 0 spiro atoms. The molecule has 0 saturated carbocycles. The van der Waals surface area contributed by atoms with Crippen LogP contribution in [0.25, 0.3) is 16.7 Å². The molecular formula is C27H28FN3O5. The van der Waals surface area contributed by atoms with Crippen LogP contribution in [0.3, 0.4) is 0 Å². The number of likely N-dealkylation sites (N-methyl/N-ethyl adjacent to an activating group) is 1. The minimum atomic E-state index is -1.12. The first-order valence-corrected chi connectivity index (χ1v) is 11.7. The molecule has 9 heteroatoms. The fraction of sp³-hybridized carbons (Fsp3) is 0.296. The summed E-state index contributed by atoms with van der Waals surface area (Å²) in [5.41, 5.74) is 1.77. The molecule has 3 aromatic rings. The Bertz CT molecular complexity index is 1370. The summed E-state index contributed by atoms with van der Waals surface area (Å²) in [4.78, 5) is 41.6. The lowest BCUT2D eigenvalue weighted by Crippen LogP contribution is -2.44. The quantitative estimate of drug-likeness (QED) is 0.234. The smallest absolute Gasteiger partial charge is 0.379 e. The molecule has 188 valence electrons. The molecule has 1 aliphatic heterocycles. The number of halogens is 1. The SMILES string of the molecule is CCOC(=O)C(=O)/C=C(\O)c1cn(Cc2ccc(F)cc2)c2cc(N3CCN(C)CC3)ccc2c1=O. The van der Waals surface area contributed by atoms with Crippen LogP contribution in [0.4, 0.5) is 10.1 Å². The number of aliphatic hydroxyl groups is 1. The van der Waals surface area contributed by atoms with Crippen molar-refractivity contribution in [1.29, 1.82) is 0 Å². The van der Waals surface area contributed by atoms with Crippen molar-refractivity contribution in [3.63, 3.8) is 0 Å². The highest BCUT2D eigenvalue weighted by molar-refractivity contribution is 6.39. The third-order valence-electron chi connectivity index (χ3n) is 6.22. The second-order valence-electron chi connectivity index (χ2n) is 8.73. The highest BCUT2D eigenvalue weighted by Crippen LogP contribution is 2.24. The third kappa shape index (κ3) is 5.46. The summed E-state index contributed by atoms with van der Waals surface area (Å²) in [6, 6.07) is 11.5. The van der Waals surface area contributed by atoms with Gasteiger partial charge in [-0.2, -0.15) is 0 Å². The zero-order chi connectivity index (χ0) is 25.8. The minimum Gasteiger partial charge on any atom is -0.507 e. The summed E-state index contributed by atoms with van der Waals surface area (Å²) in [5.74, 6) is -3.17. The van der Waals surface area contributed by atoms with E-state index in [-0.39, 0.29) is 24.5 Å². The molecule has 1 aromatic heterocycles. The maximum atomic E-state index is 13.5. The minimum absolute atomic E-state index is 0.00919. The van der Waals surface area contributed by atoms with Crippen molar-refractivity contribution >= 4 is 34.1 Å². The number of pyridine rings is 1. The van der Waals surface area contributed by atoms with Gasteiger partial charge in [0.25, 0.3) is 5.78 Å². The van der Waals surface area contributed by atoms with Gasteiger partial charge in [-0.05, 0) is 49.9 Å². The molecule has 8 nitrogen and oxygen atoms in total. The Labute approximate surface area is 207 Å². The van der Waals surface area contributed by atoms with Crippen LogP contribution in [0.1, 0.15) is 18.1 Å². The van der Waals surface area contributed by atoms with Gasteiger partial charge >= 0.3 is 5.97 Å². The van der Waals surface area contributed by atoms with E-state index in [1.54, 1.807) is 29.7 Å². The van der Waals surface area contributed by atoms with Gasteiger partial charge in [-0.15, -0.1) is 0 Å².